The van der Waals surface area contributed by atoms with Crippen LogP contribution in [0.4, 0.5) is 5.69 Å². The topological polar surface area (TPSA) is 90.0 Å². The lowest BCUT2D eigenvalue weighted by Gasteiger charge is -2.36. The van der Waals surface area contributed by atoms with Crippen LogP contribution in [0, 0.1) is 6.92 Å². The molecule has 3 aliphatic rings. The SMILES string of the molecule is Cc1cccc(N2CCN(Cc3ccc4c(c3)C(=O)N(C3CCC(=O)NC3=O)C4=O)CC2)c1. The average molecular weight is 447 g/mol. The second kappa shape index (κ2) is 8.44. The quantitative estimate of drug-likeness (QED) is 0.720. The van der Waals surface area contributed by atoms with E-state index in [1.807, 2.05) is 6.07 Å². The molecule has 1 N–H and O–H groups in total. The van der Waals surface area contributed by atoms with Gasteiger partial charge < -0.3 is 4.90 Å². The predicted molar refractivity (Wildman–Crippen MR) is 122 cm³/mol. The van der Waals surface area contributed by atoms with Gasteiger partial charge in [0.25, 0.3) is 11.8 Å². The van der Waals surface area contributed by atoms with Crippen molar-refractivity contribution in [2.45, 2.75) is 32.4 Å². The molecule has 2 saturated heterocycles. The normalized spacial score (nSPS) is 21.4. The fourth-order valence-electron chi connectivity index (χ4n) is 4.86. The molecule has 2 fully saturated rings. The number of hydrogen-bond donors (Lipinski definition) is 1. The third kappa shape index (κ3) is 4.02. The number of amides is 4. The van der Waals surface area contributed by atoms with E-state index in [4.69, 9.17) is 0 Å². The van der Waals surface area contributed by atoms with E-state index in [9.17, 15) is 19.2 Å². The first-order valence-electron chi connectivity index (χ1n) is 11.3. The van der Waals surface area contributed by atoms with Gasteiger partial charge in [0.2, 0.25) is 11.8 Å². The number of piperidine rings is 1. The summed E-state index contributed by atoms with van der Waals surface area (Å²) < 4.78 is 0. The molecule has 3 aliphatic heterocycles. The number of anilines is 1. The number of imide groups is 2. The third-order valence-corrected chi connectivity index (χ3v) is 6.65. The van der Waals surface area contributed by atoms with E-state index in [1.165, 1.54) is 11.3 Å². The molecule has 0 aromatic heterocycles. The molecule has 8 heteroatoms. The monoisotopic (exact) mass is 446 g/mol. The number of nitrogens with one attached hydrogen (secondary N) is 1. The highest BCUT2D eigenvalue weighted by Crippen LogP contribution is 2.29. The van der Waals surface area contributed by atoms with Gasteiger partial charge in [-0.15, -0.1) is 0 Å². The van der Waals surface area contributed by atoms with Crippen molar-refractivity contribution in [2.75, 3.05) is 31.1 Å². The van der Waals surface area contributed by atoms with Crippen LogP contribution >= 0.6 is 0 Å². The second-order valence-electron chi connectivity index (χ2n) is 8.93. The molecule has 0 saturated carbocycles. The second-order valence-corrected chi connectivity index (χ2v) is 8.93. The maximum Gasteiger partial charge on any atom is 0.262 e. The summed E-state index contributed by atoms with van der Waals surface area (Å²) in [6.45, 7) is 6.45. The summed E-state index contributed by atoms with van der Waals surface area (Å²) >= 11 is 0. The van der Waals surface area contributed by atoms with E-state index in [2.05, 4.69) is 46.3 Å². The largest absolute Gasteiger partial charge is 0.369 e. The Bertz CT molecular complexity index is 1150. The standard InChI is InChI=1S/C25H26N4O4/c1-16-3-2-4-18(13-16)28-11-9-27(10-12-28)15-17-5-6-19-20(14-17)25(33)29(24(19)32)21-7-8-22(30)26-23(21)31/h2-6,13-14,21H,7-12,15H2,1H3,(H,26,30,31). The van der Waals surface area contributed by atoms with Crippen LogP contribution in [0.15, 0.2) is 42.5 Å². The molecule has 5 rings (SSSR count). The molecular formula is C25H26N4O4. The zero-order chi connectivity index (χ0) is 23.1. The minimum absolute atomic E-state index is 0.115. The van der Waals surface area contributed by atoms with Crippen LogP contribution in [-0.4, -0.2) is 65.6 Å². The molecule has 4 amide bonds. The first-order valence-corrected chi connectivity index (χ1v) is 11.3. The molecule has 3 heterocycles. The smallest absolute Gasteiger partial charge is 0.262 e. The van der Waals surface area contributed by atoms with Gasteiger partial charge in [0, 0.05) is 44.8 Å². The molecule has 0 aliphatic carbocycles. The summed E-state index contributed by atoms with van der Waals surface area (Å²) in [4.78, 5) is 55.3. The molecule has 0 bridgehead atoms. The Balaban J connectivity index is 1.26. The van der Waals surface area contributed by atoms with Crippen molar-refractivity contribution in [2.24, 2.45) is 0 Å². The van der Waals surface area contributed by atoms with Crippen molar-refractivity contribution in [3.8, 4) is 0 Å². The number of hydrogen-bond acceptors (Lipinski definition) is 6. The van der Waals surface area contributed by atoms with Crippen LogP contribution in [0.3, 0.4) is 0 Å². The van der Waals surface area contributed by atoms with Crippen molar-refractivity contribution < 1.29 is 19.2 Å². The van der Waals surface area contributed by atoms with Gasteiger partial charge in [-0.25, -0.2) is 0 Å². The Morgan fingerprint density at radius 3 is 2.39 bits per heavy atom. The molecule has 0 radical (unpaired) electrons. The van der Waals surface area contributed by atoms with E-state index in [0.29, 0.717) is 17.7 Å². The van der Waals surface area contributed by atoms with Crippen LogP contribution in [0.25, 0.3) is 0 Å². The Morgan fingerprint density at radius 2 is 1.67 bits per heavy atom. The summed E-state index contributed by atoms with van der Waals surface area (Å²) in [5.74, 6) is -1.90. The molecule has 170 valence electrons. The highest BCUT2D eigenvalue weighted by Gasteiger charge is 2.44. The summed E-state index contributed by atoms with van der Waals surface area (Å²) in [5.41, 5.74) is 4.10. The van der Waals surface area contributed by atoms with Gasteiger partial charge in [0.05, 0.1) is 11.1 Å². The predicted octanol–water partition coefficient (Wildman–Crippen LogP) is 1.72. The molecule has 2 aromatic rings. The van der Waals surface area contributed by atoms with Crippen LogP contribution < -0.4 is 10.2 Å². The van der Waals surface area contributed by atoms with Gasteiger partial charge in [-0.3, -0.25) is 34.3 Å². The number of fused-ring (bicyclic) bond motifs is 1. The Labute approximate surface area is 192 Å². The van der Waals surface area contributed by atoms with Gasteiger partial charge in [-0.05, 0) is 48.7 Å². The summed E-state index contributed by atoms with van der Waals surface area (Å²) in [6.07, 6.45) is 0.276. The Kier molecular flexibility index (Phi) is 5.46. The molecule has 1 unspecified atom stereocenters. The Hall–Kier alpha value is -3.52. The molecule has 33 heavy (non-hydrogen) atoms. The zero-order valence-electron chi connectivity index (χ0n) is 18.5. The minimum atomic E-state index is -0.937. The number of carbonyl (C=O) groups excluding carboxylic acids is 4. The van der Waals surface area contributed by atoms with Crippen molar-refractivity contribution >= 4 is 29.3 Å². The molecule has 1 atom stereocenters. The van der Waals surface area contributed by atoms with Gasteiger partial charge in [-0.2, -0.15) is 0 Å². The van der Waals surface area contributed by atoms with E-state index in [-0.39, 0.29) is 18.7 Å². The fraction of sp³-hybridized carbons (Fsp3) is 0.360. The van der Waals surface area contributed by atoms with Crippen LogP contribution in [0.1, 0.15) is 44.7 Å². The molecule has 2 aromatic carbocycles. The van der Waals surface area contributed by atoms with Crippen molar-refractivity contribution in [1.82, 2.24) is 15.1 Å². The van der Waals surface area contributed by atoms with E-state index in [0.717, 1.165) is 36.6 Å². The number of piperazine rings is 1. The number of benzene rings is 2. The summed E-state index contributed by atoms with van der Waals surface area (Å²) in [5, 5.41) is 2.22. The van der Waals surface area contributed by atoms with E-state index >= 15 is 0 Å². The Morgan fingerprint density at radius 1 is 0.909 bits per heavy atom. The van der Waals surface area contributed by atoms with Crippen LogP contribution in [0.5, 0.6) is 0 Å². The lowest BCUT2D eigenvalue weighted by molar-refractivity contribution is -0.136. The molecule has 0 spiro atoms. The minimum Gasteiger partial charge on any atom is -0.369 e. The van der Waals surface area contributed by atoms with E-state index < -0.39 is 23.8 Å². The van der Waals surface area contributed by atoms with Gasteiger partial charge in [0.1, 0.15) is 6.04 Å². The number of nitrogens with zero attached hydrogens (tertiary/aromatic N) is 3. The first-order chi connectivity index (χ1) is 15.9. The van der Waals surface area contributed by atoms with Gasteiger partial charge in [0.15, 0.2) is 0 Å². The zero-order valence-corrected chi connectivity index (χ0v) is 18.5. The maximum absolute atomic E-state index is 13.0. The van der Waals surface area contributed by atoms with Gasteiger partial charge >= 0.3 is 0 Å². The number of aryl methyl sites for hydroxylation is 1. The fourth-order valence-corrected chi connectivity index (χ4v) is 4.86. The van der Waals surface area contributed by atoms with Crippen LogP contribution in [-0.2, 0) is 16.1 Å². The van der Waals surface area contributed by atoms with Crippen molar-refractivity contribution in [1.29, 1.82) is 0 Å². The molecule has 8 nitrogen and oxygen atoms in total. The average Bonchev–Trinajstić information content (AvgIpc) is 3.04. The number of carbonyl (C=O) groups is 4. The van der Waals surface area contributed by atoms with Gasteiger partial charge in [-0.1, -0.05) is 18.2 Å². The number of rotatable bonds is 4. The molecular weight excluding hydrogens is 420 g/mol. The van der Waals surface area contributed by atoms with Crippen molar-refractivity contribution in [3.63, 3.8) is 0 Å². The third-order valence-electron chi connectivity index (χ3n) is 6.65. The lowest BCUT2D eigenvalue weighted by atomic mass is 10.0. The highest BCUT2D eigenvalue weighted by molar-refractivity contribution is 6.23. The highest BCUT2D eigenvalue weighted by atomic mass is 16.2. The van der Waals surface area contributed by atoms with Crippen LogP contribution in [0.2, 0.25) is 0 Å². The van der Waals surface area contributed by atoms with E-state index in [1.54, 1.807) is 12.1 Å². The first kappa shape index (κ1) is 21.3. The summed E-state index contributed by atoms with van der Waals surface area (Å²) in [7, 11) is 0. The summed E-state index contributed by atoms with van der Waals surface area (Å²) in [6, 6.07) is 12.9. The lowest BCUT2D eigenvalue weighted by Crippen LogP contribution is -2.54. The maximum atomic E-state index is 13.0. The van der Waals surface area contributed by atoms with Crippen molar-refractivity contribution in [3.05, 3.63) is 64.7 Å².